The minimum atomic E-state index is 0.290. The van der Waals surface area contributed by atoms with E-state index < -0.39 is 0 Å². The van der Waals surface area contributed by atoms with Crippen molar-refractivity contribution in [2.24, 2.45) is 18.0 Å². The van der Waals surface area contributed by atoms with Gasteiger partial charge in [-0.25, -0.2) is 0 Å². The lowest BCUT2D eigenvalue weighted by Crippen LogP contribution is -2.39. The summed E-state index contributed by atoms with van der Waals surface area (Å²) in [6.07, 6.45) is 3.05. The van der Waals surface area contributed by atoms with Gasteiger partial charge in [-0.2, -0.15) is 5.10 Å². The molecule has 0 aliphatic heterocycles. The summed E-state index contributed by atoms with van der Waals surface area (Å²) in [5.74, 6) is 1.33. The Kier molecular flexibility index (Phi) is 7.82. The average Bonchev–Trinajstić information content (AvgIpc) is 2.86. The van der Waals surface area contributed by atoms with Gasteiger partial charge in [0.25, 0.3) is 0 Å². The van der Waals surface area contributed by atoms with Crippen LogP contribution in [0.4, 0.5) is 0 Å². The predicted molar refractivity (Wildman–Crippen MR) is 86.3 cm³/mol. The number of aliphatic imine (C=N–C) groups is 1. The molecule has 0 aliphatic carbocycles. The molecule has 0 aromatic carbocycles. The number of hydrogen-bond donors (Lipinski definition) is 2. The van der Waals surface area contributed by atoms with Gasteiger partial charge in [0.1, 0.15) is 0 Å². The van der Waals surface area contributed by atoms with E-state index in [-0.39, 0.29) is 6.10 Å². The molecule has 1 aromatic rings. The van der Waals surface area contributed by atoms with Crippen molar-refractivity contribution in [3.8, 4) is 0 Å². The molecular formula is C15H29N5O. The first-order valence-electron chi connectivity index (χ1n) is 7.61. The van der Waals surface area contributed by atoms with E-state index in [2.05, 4.69) is 34.6 Å². The number of aromatic nitrogens is 2. The highest BCUT2D eigenvalue weighted by atomic mass is 16.5. The Balaban J connectivity index is 2.33. The van der Waals surface area contributed by atoms with Crippen LogP contribution in [-0.4, -0.2) is 42.0 Å². The van der Waals surface area contributed by atoms with Gasteiger partial charge in [0.2, 0.25) is 0 Å². The van der Waals surface area contributed by atoms with Crippen LogP contribution in [0.2, 0.25) is 0 Å². The first-order chi connectivity index (χ1) is 10.1. The van der Waals surface area contributed by atoms with E-state index in [9.17, 15) is 0 Å². The van der Waals surface area contributed by atoms with E-state index in [1.807, 2.05) is 24.7 Å². The average molecular weight is 295 g/mol. The molecule has 1 rings (SSSR count). The number of hydrogen-bond acceptors (Lipinski definition) is 3. The van der Waals surface area contributed by atoms with Gasteiger partial charge >= 0.3 is 0 Å². The monoisotopic (exact) mass is 295 g/mol. The second kappa shape index (κ2) is 9.39. The van der Waals surface area contributed by atoms with Crippen LogP contribution < -0.4 is 10.6 Å². The smallest absolute Gasteiger partial charge is 0.191 e. The summed E-state index contributed by atoms with van der Waals surface area (Å²) in [4.78, 5) is 4.23. The molecule has 0 saturated heterocycles. The number of nitrogens with one attached hydrogen (secondary N) is 2. The van der Waals surface area contributed by atoms with Crippen molar-refractivity contribution in [1.82, 2.24) is 20.4 Å². The molecule has 1 atom stereocenters. The summed E-state index contributed by atoms with van der Waals surface area (Å²) in [6.45, 7) is 8.72. The molecule has 1 aromatic heterocycles. The maximum Gasteiger partial charge on any atom is 0.191 e. The summed E-state index contributed by atoms with van der Waals surface area (Å²) >= 11 is 0. The van der Waals surface area contributed by atoms with Crippen molar-refractivity contribution in [3.05, 3.63) is 18.0 Å². The molecule has 0 bridgehead atoms. The van der Waals surface area contributed by atoms with Crippen molar-refractivity contribution < 1.29 is 4.74 Å². The molecule has 120 valence electrons. The molecule has 6 heteroatoms. The number of nitrogens with zero attached hydrogens (tertiary/aromatic N) is 3. The Morgan fingerprint density at radius 2 is 2.19 bits per heavy atom. The fourth-order valence-electron chi connectivity index (χ4n) is 2.13. The lowest BCUT2D eigenvalue weighted by molar-refractivity contribution is 0.0258. The first-order valence-corrected chi connectivity index (χ1v) is 7.61. The van der Waals surface area contributed by atoms with Crippen molar-refractivity contribution >= 4 is 5.96 Å². The zero-order valence-electron chi connectivity index (χ0n) is 13.9. The van der Waals surface area contributed by atoms with Gasteiger partial charge in [-0.3, -0.25) is 9.67 Å². The van der Waals surface area contributed by atoms with E-state index in [1.54, 1.807) is 13.2 Å². The normalized spacial score (nSPS) is 13.5. The van der Waals surface area contributed by atoms with Crippen LogP contribution in [0.3, 0.4) is 0 Å². The van der Waals surface area contributed by atoms with E-state index in [0.29, 0.717) is 12.5 Å². The second-order valence-corrected chi connectivity index (χ2v) is 5.33. The van der Waals surface area contributed by atoms with E-state index >= 15 is 0 Å². The summed E-state index contributed by atoms with van der Waals surface area (Å²) in [5.41, 5.74) is 1.12. The minimum Gasteiger partial charge on any atom is -0.378 e. The third-order valence-electron chi connectivity index (χ3n) is 3.43. The quantitative estimate of drug-likeness (QED) is 0.564. The van der Waals surface area contributed by atoms with Crippen LogP contribution in [0.5, 0.6) is 0 Å². The highest BCUT2D eigenvalue weighted by Crippen LogP contribution is 2.09. The molecule has 0 saturated carbocycles. The molecule has 1 heterocycles. The number of ether oxygens (including phenoxy) is 1. The van der Waals surface area contributed by atoms with Crippen molar-refractivity contribution in [1.29, 1.82) is 0 Å². The fourth-order valence-corrected chi connectivity index (χ4v) is 2.13. The van der Waals surface area contributed by atoms with Crippen LogP contribution in [0.1, 0.15) is 32.9 Å². The Morgan fingerprint density at radius 3 is 2.71 bits per heavy atom. The van der Waals surface area contributed by atoms with Gasteiger partial charge in [0.15, 0.2) is 5.96 Å². The second-order valence-electron chi connectivity index (χ2n) is 5.33. The predicted octanol–water partition coefficient (Wildman–Crippen LogP) is 1.54. The van der Waals surface area contributed by atoms with Gasteiger partial charge in [-0.15, -0.1) is 0 Å². The molecule has 0 aliphatic rings. The van der Waals surface area contributed by atoms with E-state index in [0.717, 1.165) is 31.2 Å². The Labute approximate surface area is 128 Å². The zero-order valence-corrected chi connectivity index (χ0v) is 13.9. The number of rotatable bonds is 8. The van der Waals surface area contributed by atoms with E-state index in [1.165, 1.54) is 0 Å². The lowest BCUT2D eigenvalue weighted by atomic mass is 10.0. The van der Waals surface area contributed by atoms with Crippen molar-refractivity contribution in [2.75, 3.05) is 20.2 Å². The summed E-state index contributed by atoms with van der Waals surface area (Å²) in [6, 6.07) is 1.99. The summed E-state index contributed by atoms with van der Waals surface area (Å²) in [7, 11) is 3.71. The third kappa shape index (κ3) is 6.16. The van der Waals surface area contributed by atoms with Crippen LogP contribution in [0, 0.1) is 5.92 Å². The fraction of sp³-hybridized carbons (Fsp3) is 0.733. The molecular weight excluding hydrogens is 266 g/mol. The highest BCUT2D eigenvalue weighted by Gasteiger charge is 2.12. The third-order valence-corrected chi connectivity index (χ3v) is 3.43. The molecule has 6 nitrogen and oxygen atoms in total. The molecule has 0 radical (unpaired) electrons. The van der Waals surface area contributed by atoms with Crippen LogP contribution in [0.15, 0.2) is 17.3 Å². The highest BCUT2D eigenvalue weighted by molar-refractivity contribution is 5.79. The molecule has 1 unspecified atom stereocenters. The van der Waals surface area contributed by atoms with Crippen molar-refractivity contribution in [3.63, 3.8) is 0 Å². The van der Waals surface area contributed by atoms with Gasteiger partial charge in [0, 0.05) is 33.4 Å². The lowest BCUT2D eigenvalue weighted by Gasteiger charge is -2.21. The zero-order chi connectivity index (χ0) is 15.7. The topological polar surface area (TPSA) is 63.5 Å². The molecule has 21 heavy (non-hydrogen) atoms. The number of guanidine groups is 1. The standard InChI is InChI=1S/C15H29N5O/c1-6-21-14(12(2)3)8-9-17-15(16-4)18-11-13-7-10-19-20(13)5/h7,10,12,14H,6,8-9,11H2,1-5H3,(H2,16,17,18). The Morgan fingerprint density at radius 1 is 1.43 bits per heavy atom. The maximum atomic E-state index is 5.74. The van der Waals surface area contributed by atoms with Gasteiger partial charge in [0.05, 0.1) is 18.3 Å². The minimum absolute atomic E-state index is 0.290. The summed E-state index contributed by atoms with van der Waals surface area (Å²) < 4.78 is 7.59. The largest absolute Gasteiger partial charge is 0.378 e. The Hall–Kier alpha value is -1.56. The van der Waals surface area contributed by atoms with Crippen molar-refractivity contribution in [2.45, 2.75) is 39.8 Å². The molecule has 0 amide bonds. The van der Waals surface area contributed by atoms with E-state index in [4.69, 9.17) is 4.74 Å². The van der Waals surface area contributed by atoms with Crippen LogP contribution >= 0.6 is 0 Å². The SMILES string of the molecule is CCOC(CCNC(=NC)NCc1ccnn1C)C(C)C. The summed E-state index contributed by atoms with van der Waals surface area (Å²) in [5, 5.41) is 10.8. The van der Waals surface area contributed by atoms with Gasteiger partial charge < -0.3 is 15.4 Å². The van der Waals surface area contributed by atoms with Crippen LogP contribution in [-0.2, 0) is 18.3 Å². The van der Waals surface area contributed by atoms with Gasteiger partial charge in [-0.1, -0.05) is 13.8 Å². The number of aryl methyl sites for hydroxylation is 1. The van der Waals surface area contributed by atoms with Gasteiger partial charge in [-0.05, 0) is 25.3 Å². The van der Waals surface area contributed by atoms with Crippen LogP contribution in [0.25, 0.3) is 0 Å². The molecule has 2 N–H and O–H groups in total. The Bertz CT molecular complexity index is 427. The maximum absolute atomic E-state index is 5.74. The first kappa shape index (κ1) is 17.5. The molecule has 0 spiro atoms. The molecule has 0 fully saturated rings.